The van der Waals surface area contributed by atoms with Crippen LogP contribution in [0.1, 0.15) is 71.1 Å². The summed E-state index contributed by atoms with van der Waals surface area (Å²) in [7, 11) is -4.48. The molecule has 0 radical (unpaired) electrons. The maximum absolute atomic E-state index is 10.1. The summed E-state index contributed by atoms with van der Waals surface area (Å²) in [4.78, 5) is 0. The smallest absolute Gasteiger partial charge is 1.00 e. The van der Waals surface area contributed by atoms with Crippen molar-refractivity contribution in [3.63, 3.8) is 0 Å². The first-order chi connectivity index (χ1) is 8.06. The summed E-state index contributed by atoms with van der Waals surface area (Å²) in [6.07, 6.45) is 11.7. The van der Waals surface area contributed by atoms with Crippen molar-refractivity contribution < 1.29 is 88.7 Å². The summed E-state index contributed by atoms with van der Waals surface area (Å²) < 4.78 is 34.5. The SMILES string of the molecule is CCCCCCCCCCCCOS(=O)(=O)[O-].[Cl-].[Na+].[Na+]. The zero-order valence-electron chi connectivity index (χ0n) is 13.2. The van der Waals surface area contributed by atoms with Gasteiger partial charge in [0.1, 0.15) is 0 Å². The van der Waals surface area contributed by atoms with Crippen LogP contribution in [0.5, 0.6) is 0 Å². The summed E-state index contributed by atoms with van der Waals surface area (Å²) in [5.41, 5.74) is 0. The number of unbranched alkanes of at least 4 members (excludes halogenated alkanes) is 9. The van der Waals surface area contributed by atoms with Crippen LogP contribution in [0.4, 0.5) is 0 Å². The minimum absolute atomic E-state index is 0. The number of halogens is 1. The van der Waals surface area contributed by atoms with E-state index >= 15 is 0 Å². The van der Waals surface area contributed by atoms with E-state index in [1.807, 2.05) is 0 Å². The van der Waals surface area contributed by atoms with E-state index in [0.717, 1.165) is 12.8 Å². The quantitative estimate of drug-likeness (QED) is 0.153. The van der Waals surface area contributed by atoms with Gasteiger partial charge >= 0.3 is 59.1 Å². The molecule has 0 fully saturated rings. The van der Waals surface area contributed by atoms with Crippen LogP contribution in [0.15, 0.2) is 0 Å². The van der Waals surface area contributed by atoms with Crippen molar-refractivity contribution in [1.29, 1.82) is 0 Å². The predicted octanol–water partition coefficient (Wildman–Crippen LogP) is -5.60. The summed E-state index contributed by atoms with van der Waals surface area (Å²) >= 11 is 0. The molecule has 0 saturated carbocycles. The zero-order chi connectivity index (χ0) is 13.0. The van der Waals surface area contributed by atoms with Gasteiger partial charge in [-0.2, -0.15) is 0 Å². The molecule has 0 bridgehead atoms. The molecule has 0 amide bonds. The first-order valence-electron chi connectivity index (χ1n) is 6.66. The minimum atomic E-state index is -4.48. The van der Waals surface area contributed by atoms with Gasteiger partial charge in [-0.15, -0.1) is 0 Å². The van der Waals surface area contributed by atoms with Gasteiger partial charge in [-0.1, -0.05) is 64.7 Å². The molecule has 20 heavy (non-hydrogen) atoms. The minimum Gasteiger partial charge on any atom is -1.00 e. The van der Waals surface area contributed by atoms with Gasteiger partial charge < -0.3 is 17.0 Å². The second kappa shape index (κ2) is 21.2. The number of hydrogen-bond donors (Lipinski definition) is 0. The molecule has 0 aromatic heterocycles. The number of hydrogen-bond acceptors (Lipinski definition) is 4. The molecule has 112 valence electrons. The molecule has 0 rings (SSSR count). The predicted molar refractivity (Wildman–Crippen MR) is 67.5 cm³/mol. The van der Waals surface area contributed by atoms with Crippen molar-refractivity contribution >= 4 is 10.4 Å². The van der Waals surface area contributed by atoms with Crippen molar-refractivity contribution in [2.45, 2.75) is 71.1 Å². The van der Waals surface area contributed by atoms with E-state index in [9.17, 15) is 13.0 Å². The van der Waals surface area contributed by atoms with Crippen LogP contribution in [0.25, 0.3) is 0 Å². The average molecular weight is 347 g/mol. The van der Waals surface area contributed by atoms with Crippen LogP contribution in [-0.2, 0) is 14.6 Å². The molecule has 0 atom stereocenters. The average Bonchev–Trinajstić information content (AvgIpc) is 2.24. The fourth-order valence-electron chi connectivity index (χ4n) is 1.75. The Morgan fingerprint density at radius 2 is 1.15 bits per heavy atom. The first-order valence-corrected chi connectivity index (χ1v) is 8.00. The molecule has 0 N–H and O–H groups in total. The Kier molecular flexibility index (Phi) is 31.8. The van der Waals surface area contributed by atoms with Gasteiger partial charge in [0, 0.05) is 0 Å². The summed E-state index contributed by atoms with van der Waals surface area (Å²) in [6, 6.07) is 0. The summed E-state index contributed by atoms with van der Waals surface area (Å²) in [5.74, 6) is 0. The van der Waals surface area contributed by atoms with Gasteiger partial charge in [-0.25, -0.2) is 8.42 Å². The van der Waals surface area contributed by atoms with Crippen molar-refractivity contribution in [3.05, 3.63) is 0 Å². The van der Waals surface area contributed by atoms with Crippen LogP contribution < -0.4 is 71.5 Å². The van der Waals surface area contributed by atoms with Gasteiger partial charge in [0.15, 0.2) is 0 Å². The van der Waals surface area contributed by atoms with Crippen LogP contribution in [0, 0.1) is 0 Å². The third kappa shape index (κ3) is 28.3. The molecule has 0 spiro atoms. The largest absolute Gasteiger partial charge is 1.00 e. The maximum atomic E-state index is 10.1. The van der Waals surface area contributed by atoms with Gasteiger partial charge in [0.2, 0.25) is 10.4 Å². The Balaban J connectivity index is -0.000000427. The van der Waals surface area contributed by atoms with Crippen molar-refractivity contribution in [2.75, 3.05) is 6.61 Å². The molecular weight excluding hydrogens is 322 g/mol. The van der Waals surface area contributed by atoms with E-state index in [1.165, 1.54) is 44.9 Å². The topological polar surface area (TPSA) is 66.4 Å². The molecule has 8 heteroatoms. The fourth-order valence-corrected chi connectivity index (χ4v) is 2.07. The van der Waals surface area contributed by atoms with Crippen LogP contribution >= 0.6 is 0 Å². The standard InChI is InChI=1S/C12H26O4S.ClH.2Na/c1-2-3-4-5-6-7-8-9-10-11-12-16-17(13,14)15;;;/h2-12H2,1H3,(H,13,14,15);1H;;/q;;2*+1/p-2. The van der Waals surface area contributed by atoms with E-state index in [0.29, 0.717) is 6.42 Å². The first kappa shape index (κ1) is 30.1. The zero-order valence-corrected chi connectivity index (χ0v) is 18.8. The van der Waals surface area contributed by atoms with Gasteiger partial charge in [0.25, 0.3) is 0 Å². The Morgan fingerprint density at radius 1 is 0.800 bits per heavy atom. The summed E-state index contributed by atoms with van der Waals surface area (Å²) in [6.45, 7) is 2.24. The Morgan fingerprint density at radius 3 is 1.50 bits per heavy atom. The van der Waals surface area contributed by atoms with Gasteiger partial charge in [0.05, 0.1) is 6.61 Å². The van der Waals surface area contributed by atoms with E-state index in [2.05, 4.69) is 11.1 Å². The molecule has 0 aliphatic heterocycles. The van der Waals surface area contributed by atoms with Gasteiger partial charge in [-0.05, 0) is 6.42 Å². The molecule has 0 saturated heterocycles. The molecule has 4 nitrogen and oxygen atoms in total. The van der Waals surface area contributed by atoms with Crippen LogP contribution in [0.2, 0.25) is 0 Å². The monoisotopic (exact) mass is 346 g/mol. The maximum Gasteiger partial charge on any atom is 1.00 e. The molecule has 0 aliphatic carbocycles. The van der Waals surface area contributed by atoms with E-state index in [-0.39, 0.29) is 78.1 Å². The Bertz CT molecular complexity index is 264. The van der Waals surface area contributed by atoms with E-state index in [1.54, 1.807) is 0 Å². The molecule has 0 aliphatic rings. The van der Waals surface area contributed by atoms with Crippen molar-refractivity contribution in [2.24, 2.45) is 0 Å². The third-order valence-corrected chi connectivity index (χ3v) is 3.18. The van der Waals surface area contributed by atoms with Crippen LogP contribution in [0.3, 0.4) is 0 Å². The second-order valence-electron chi connectivity index (χ2n) is 4.41. The second-order valence-corrected chi connectivity index (χ2v) is 5.46. The Hall–Kier alpha value is 2.16. The van der Waals surface area contributed by atoms with Crippen molar-refractivity contribution in [3.8, 4) is 0 Å². The fraction of sp³-hybridized carbons (Fsp3) is 1.00. The molecule has 0 aromatic carbocycles. The third-order valence-electron chi connectivity index (χ3n) is 2.73. The molecule has 0 heterocycles. The molecular formula is C12H25ClNa2O4S. The normalized spacial score (nSPS) is 10.1. The van der Waals surface area contributed by atoms with E-state index < -0.39 is 10.4 Å². The molecule has 0 aromatic rings. The van der Waals surface area contributed by atoms with Gasteiger partial charge in [-0.3, -0.25) is 4.18 Å². The molecule has 0 unspecified atom stereocenters. The summed E-state index contributed by atoms with van der Waals surface area (Å²) in [5, 5.41) is 0. The number of rotatable bonds is 12. The van der Waals surface area contributed by atoms with Crippen molar-refractivity contribution in [1.82, 2.24) is 0 Å². The van der Waals surface area contributed by atoms with Crippen LogP contribution in [-0.4, -0.2) is 19.6 Å². The Labute approximate surface area is 175 Å². The van der Waals surface area contributed by atoms with E-state index in [4.69, 9.17) is 0 Å².